The molecule has 0 heterocycles. The predicted molar refractivity (Wildman–Crippen MR) is 79.8 cm³/mol. The van der Waals surface area contributed by atoms with Crippen molar-refractivity contribution >= 4 is 0 Å². The molecule has 0 saturated carbocycles. The van der Waals surface area contributed by atoms with Crippen LogP contribution < -0.4 is 10.1 Å². The van der Waals surface area contributed by atoms with Crippen LogP contribution in [0.4, 0.5) is 0 Å². The second kappa shape index (κ2) is 6.74. The van der Waals surface area contributed by atoms with Gasteiger partial charge in [-0.25, -0.2) is 0 Å². The van der Waals surface area contributed by atoms with E-state index in [2.05, 4.69) is 24.4 Å². The largest absolute Gasteiger partial charge is 0.457 e. The summed E-state index contributed by atoms with van der Waals surface area (Å²) in [6.45, 7) is 2.15. The summed E-state index contributed by atoms with van der Waals surface area (Å²) in [6, 6.07) is 17.6. The van der Waals surface area contributed by atoms with Gasteiger partial charge < -0.3 is 10.1 Å². The number of nitriles is 1. The SMILES string of the molecule is CCC(NC)c1cccc(Oc2ccc(C#N)cc2)c1. The molecule has 3 nitrogen and oxygen atoms in total. The Morgan fingerprint density at radius 1 is 1.15 bits per heavy atom. The summed E-state index contributed by atoms with van der Waals surface area (Å²) in [6.07, 6.45) is 1.02. The molecular weight excluding hydrogens is 248 g/mol. The van der Waals surface area contributed by atoms with Crippen molar-refractivity contribution in [1.29, 1.82) is 5.26 Å². The summed E-state index contributed by atoms with van der Waals surface area (Å²) in [5.41, 5.74) is 1.84. The standard InChI is InChI=1S/C17H18N2O/c1-3-17(19-2)14-5-4-6-16(11-14)20-15-9-7-13(12-18)8-10-15/h4-11,17,19H,3H2,1-2H3. The minimum atomic E-state index is 0.333. The van der Waals surface area contributed by atoms with Crippen molar-refractivity contribution in [2.75, 3.05) is 7.05 Å². The number of hydrogen-bond acceptors (Lipinski definition) is 3. The Hall–Kier alpha value is -2.31. The molecule has 0 bridgehead atoms. The minimum Gasteiger partial charge on any atom is -0.457 e. The van der Waals surface area contributed by atoms with Crippen molar-refractivity contribution in [3.05, 3.63) is 59.7 Å². The van der Waals surface area contributed by atoms with Gasteiger partial charge in [-0.05, 0) is 55.4 Å². The highest BCUT2D eigenvalue weighted by Gasteiger charge is 2.07. The van der Waals surface area contributed by atoms with Crippen LogP contribution >= 0.6 is 0 Å². The molecule has 3 heteroatoms. The molecule has 102 valence electrons. The van der Waals surface area contributed by atoms with Crippen molar-refractivity contribution in [2.45, 2.75) is 19.4 Å². The Kier molecular flexibility index (Phi) is 4.75. The molecule has 0 aliphatic heterocycles. The molecule has 0 fully saturated rings. The Bertz CT molecular complexity index is 595. The molecule has 20 heavy (non-hydrogen) atoms. The van der Waals surface area contributed by atoms with E-state index in [1.54, 1.807) is 24.3 Å². The number of nitrogens with one attached hydrogen (secondary N) is 1. The number of ether oxygens (including phenoxy) is 1. The first kappa shape index (κ1) is 14.1. The minimum absolute atomic E-state index is 0.333. The average molecular weight is 266 g/mol. The van der Waals surface area contributed by atoms with Gasteiger partial charge in [0, 0.05) is 6.04 Å². The van der Waals surface area contributed by atoms with E-state index in [9.17, 15) is 0 Å². The fourth-order valence-electron chi connectivity index (χ4n) is 2.13. The van der Waals surface area contributed by atoms with E-state index < -0.39 is 0 Å². The highest BCUT2D eigenvalue weighted by molar-refractivity contribution is 5.38. The van der Waals surface area contributed by atoms with Gasteiger partial charge in [0.15, 0.2) is 0 Å². The van der Waals surface area contributed by atoms with Crippen molar-refractivity contribution < 1.29 is 4.74 Å². The summed E-state index contributed by atoms with van der Waals surface area (Å²) in [5, 5.41) is 12.1. The molecule has 0 aliphatic rings. The summed E-state index contributed by atoms with van der Waals surface area (Å²) in [7, 11) is 1.96. The van der Waals surface area contributed by atoms with E-state index in [1.165, 1.54) is 5.56 Å². The lowest BCUT2D eigenvalue weighted by atomic mass is 10.0. The quantitative estimate of drug-likeness (QED) is 0.889. The molecule has 1 N–H and O–H groups in total. The van der Waals surface area contributed by atoms with E-state index in [0.29, 0.717) is 11.6 Å². The molecular formula is C17H18N2O. The van der Waals surface area contributed by atoms with E-state index in [4.69, 9.17) is 10.00 Å². The highest BCUT2D eigenvalue weighted by atomic mass is 16.5. The smallest absolute Gasteiger partial charge is 0.127 e. The third-order valence-electron chi connectivity index (χ3n) is 3.24. The van der Waals surface area contributed by atoms with Crippen LogP contribution in [0.5, 0.6) is 11.5 Å². The van der Waals surface area contributed by atoms with Crippen molar-refractivity contribution in [3.8, 4) is 17.6 Å². The lowest BCUT2D eigenvalue weighted by molar-refractivity contribution is 0.479. The van der Waals surface area contributed by atoms with Crippen LogP contribution in [0.15, 0.2) is 48.5 Å². The molecule has 1 unspecified atom stereocenters. The lowest BCUT2D eigenvalue weighted by Crippen LogP contribution is -2.14. The van der Waals surface area contributed by atoms with Crippen LogP contribution in [-0.2, 0) is 0 Å². The first-order valence-corrected chi connectivity index (χ1v) is 6.72. The molecule has 0 amide bonds. The van der Waals surface area contributed by atoms with Gasteiger partial charge in [-0.1, -0.05) is 19.1 Å². The maximum Gasteiger partial charge on any atom is 0.127 e. The normalized spacial score (nSPS) is 11.7. The second-order valence-corrected chi connectivity index (χ2v) is 4.56. The fraction of sp³-hybridized carbons (Fsp3) is 0.235. The number of rotatable bonds is 5. The topological polar surface area (TPSA) is 45.0 Å². The van der Waals surface area contributed by atoms with Crippen LogP contribution in [0.3, 0.4) is 0 Å². The molecule has 0 saturated heterocycles. The third kappa shape index (κ3) is 3.37. The maximum atomic E-state index is 8.77. The zero-order valence-electron chi connectivity index (χ0n) is 11.8. The molecule has 0 aliphatic carbocycles. The van der Waals surface area contributed by atoms with Crippen LogP contribution in [0, 0.1) is 11.3 Å². The summed E-state index contributed by atoms with van der Waals surface area (Å²) >= 11 is 0. The second-order valence-electron chi connectivity index (χ2n) is 4.56. The van der Waals surface area contributed by atoms with E-state index >= 15 is 0 Å². The van der Waals surface area contributed by atoms with Gasteiger partial charge in [0.1, 0.15) is 11.5 Å². The van der Waals surface area contributed by atoms with E-state index in [0.717, 1.165) is 17.9 Å². The van der Waals surface area contributed by atoms with Crippen LogP contribution in [-0.4, -0.2) is 7.05 Å². The number of hydrogen-bond donors (Lipinski definition) is 1. The molecule has 0 radical (unpaired) electrons. The summed E-state index contributed by atoms with van der Waals surface area (Å²) in [5.74, 6) is 1.54. The van der Waals surface area contributed by atoms with E-state index in [-0.39, 0.29) is 0 Å². The Balaban J connectivity index is 2.16. The summed E-state index contributed by atoms with van der Waals surface area (Å²) < 4.78 is 5.82. The monoisotopic (exact) mass is 266 g/mol. The van der Waals surface area contributed by atoms with Crippen LogP contribution in [0.2, 0.25) is 0 Å². The van der Waals surface area contributed by atoms with E-state index in [1.807, 2.05) is 25.2 Å². The lowest BCUT2D eigenvalue weighted by Gasteiger charge is -2.15. The van der Waals surface area contributed by atoms with Gasteiger partial charge in [0.05, 0.1) is 11.6 Å². The number of nitrogens with zero attached hydrogens (tertiary/aromatic N) is 1. The van der Waals surface area contributed by atoms with Gasteiger partial charge >= 0.3 is 0 Å². The maximum absolute atomic E-state index is 8.77. The van der Waals surface area contributed by atoms with Gasteiger partial charge in [0.25, 0.3) is 0 Å². The zero-order chi connectivity index (χ0) is 14.4. The first-order chi connectivity index (χ1) is 9.76. The Morgan fingerprint density at radius 3 is 2.50 bits per heavy atom. The van der Waals surface area contributed by atoms with Gasteiger partial charge in [-0.2, -0.15) is 5.26 Å². The molecule has 2 aromatic carbocycles. The van der Waals surface area contributed by atoms with Gasteiger partial charge in [-0.15, -0.1) is 0 Å². The third-order valence-corrected chi connectivity index (χ3v) is 3.24. The van der Waals surface area contributed by atoms with Gasteiger partial charge in [-0.3, -0.25) is 0 Å². The van der Waals surface area contributed by atoms with Crippen molar-refractivity contribution in [3.63, 3.8) is 0 Å². The first-order valence-electron chi connectivity index (χ1n) is 6.72. The predicted octanol–water partition coefficient (Wildman–Crippen LogP) is 4.02. The van der Waals surface area contributed by atoms with Crippen LogP contribution in [0.1, 0.15) is 30.5 Å². The van der Waals surface area contributed by atoms with Crippen molar-refractivity contribution in [2.24, 2.45) is 0 Å². The molecule has 1 atom stereocenters. The van der Waals surface area contributed by atoms with Crippen molar-refractivity contribution in [1.82, 2.24) is 5.32 Å². The molecule has 0 aromatic heterocycles. The summed E-state index contributed by atoms with van der Waals surface area (Å²) in [4.78, 5) is 0. The fourth-order valence-corrected chi connectivity index (χ4v) is 2.13. The average Bonchev–Trinajstić information content (AvgIpc) is 2.50. The Morgan fingerprint density at radius 2 is 1.90 bits per heavy atom. The highest BCUT2D eigenvalue weighted by Crippen LogP contribution is 2.25. The molecule has 2 aromatic rings. The van der Waals surface area contributed by atoms with Crippen LogP contribution in [0.25, 0.3) is 0 Å². The molecule has 0 spiro atoms. The number of benzene rings is 2. The Labute approximate surface area is 119 Å². The zero-order valence-corrected chi connectivity index (χ0v) is 11.8. The van der Waals surface area contributed by atoms with Gasteiger partial charge in [0.2, 0.25) is 0 Å². The molecule has 2 rings (SSSR count).